The summed E-state index contributed by atoms with van der Waals surface area (Å²) >= 11 is 0. The van der Waals surface area contributed by atoms with Crippen LogP contribution in [-0.2, 0) is 11.2 Å². The number of esters is 1. The maximum absolute atomic E-state index is 11.6. The van der Waals surface area contributed by atoms with Crippen LogP contribution in [0, 0.1) is 6.92 Å². The number of hydrogen-bond donors (Lipinski definition) is 1. The van der Waals surface area contributed by atoms with Gasteiger partial charge in [-0.3, -0.25) is 0 Å². The molecule has 1 aromatic heterocycles. The number of ether oxygens (including phenoxy) is 1. The normalized spacial score (nSPS) is 18.6. The summed E-state index contributed by atoms with van der Waals surface area (Å²) in [6, 6.07) is 1.74. The van der Waals surface area contributed by atoms with Gasteiger partial charge in [-0.15, -0.1) is 0 Å². The van der Waals surface area contributed by atoms with Crippen molar-refractivity contribution in [2.45, 2.75) is 39.2 Å². The Morgan fingerprint density at radius 3 is 3.12 bits per heavy atom. The number of carbonyl (C=O) groups excluding carboxylic acids is 1. The Morgan fingerprint density at radius 1 is 1.65 bits per heavy atom. The van der Waals surface area contributed by atoms with E-state index in [-0.39, 0.29) is 0 Å². The number of hydrogen-bond acceptors (Lipinski definition) is 4. The first-order chi connectivity index (χ1) is 8.13. The standard InChI is InChI=1S/C13H17NO3/c1-3-17-13(16)10-7-8(2)9-5-4-6-11(15)12(9)14-10/h7,11,15H,3-6H2,1-2H3. The van der Waals surface area contributed by atoms with Crippen LogP contribution < -0.4 is 0 Å². The van der Waals surface area contributed by atoms with E-state index in [1.54, 1.807) is 13.0 Å². The van der Waals surface area contributed by atoms with Crippen LogP contribution in [0.3, 0.4) is 0 Å². The SMILES string of the molecule is CCOC(=O)c1cc(C)c2c(n1)C(O)CCC2. The van der Waals surface area contributed by atoms with E-state index in [1.165, 1.54) is 0 Å². The Hall–Kier alpha value is -1.42. The number of aromatic nitrogens is 1. The smallest absolute Gasteiger partial charge is 0.356 e. The summed E-state index contributed by atoms with van der Waals surface area (Å²) in [5.41, 5.74) is 3.04. The maximum Gasteiger partial charge on any atom is 0.356 e. The van der Waals surface area contributed by atoms with Gasteiger partial charge in [0.05, 0.1) is 18.4 Å². The van der Waals surface area contributed by atoms with Crippen LogP contribution in [0.1, 0.15) is 53.2 Å². The molecule has 1 aromatic rings. The second kappa shape index (κ2) is 4.84. The molecule has 4 heteroatoms. The lowest BCUT2D eigenvalue weighted by Gasteiger charge is -2.22. The molecule has 0 bridgehead atoms. The van der Waals surface area contributed by atoms with Gasteiger partial charge >= 0.3 is 5.97 Å². The molecule has 0 aromatic carbocycles. The highest BCUT2D eigenvalue weighted by atomic mass is 16.5. The van der Waals surface area contributed by atoms with Crippen LogP contribution in [0.2, 0.25) is 0 Å². The molecule has 1 N–H and O–H groups in total. The van der Waals surface area contributed by atoms with Crippen molar-refractivity contribution < 1.29 is 14.6 Å². The summed E-state index contributed by atoms with van der Waals surface area (Å²) < 4.78 is 4.93. The fourth-order valence-corrected chi connectivity index (χ4v) is 2.24. The third-order valence-corrected chi connectivity index (χ3v) is 3.08. The number of aryl methyl sites for hydroxylation is 1. The molecular weight excluding hydrogens is 218 g/mol. The lowest BCUT2D eigenvalue weighted by molar-refractivity contribution is 0.0517. The van der Waals surface area contributed by atoms with Gasteiger partial charge in [-0.25, -0.2) is 9.78 Å². The first kappa shape index (κ1) is 12.0. The van der Waals surface area contributed by atoms with Gasteiger partial charge in [-0.2, -0.15) is 0 Å². The van der Waals surface area contributed by atoms with Crippen LogP contribution in [0.25, 0.3) is 0 Å². The first-order valence-corrected chi connectivity index (χ1v) is 5.99. The molecular formula is C13H17NO3. The number of nitrogens with zero attached hydrogens (tertiary/aromatic N) is 1. The lowest BCUT2D eigenvalue weighted by atomic mass is 9.90. The van der Waals surface area contributed by atoms with E-state index in [4.69, 9.17) is 4.74 Å². The van der Waals surface area contributed by atoms with Crippen LogP contribution >= 0.6 is 0 Å². The molecule has 2 rings (SSSR count). The molecule has 1 unspecified atom stereocenters. The predicted molar refractivity (Wildman–Crippen MR) is 62.8 cm³/mol. The first-order valence-electron chi connectivity index (χ1n) is 5.99. The van der Waals surface area contributed by atoms with Crippen molar-refractivity contribution in [3.05, 3.63) is 28.6 Å². The van der Waals surface area contributed by atoms with E-state index in [0.717, 1.165) is 24.0 Å². The van der Waals surface area contributed by atoms with Crippen LogP contribution in [-0.4, -0.2) is 22.7 Å². The van der Waals surface area contributed by atoms with Crippen molar-refractivity contribution in [3.8, 4) is 0 Å². The fraction of sp³-hybridized carbons (Fsp3) is 0.538. The van der Waals surface area contributed by atoms with Crippen molar-refractivity contribution >= 4 is 5.97 Å². The Kier molecular flexibility index (Phi) is 3.43. The van der Waals surface area contributed by atoms with Crippen molar-refractivity contribution in [2.24, 2.45) is 0 Å². The zero-order chi connectivity index (χ0) is 12.4. The molecule has 17 heavy (non-hydrogen) atoms. The van der Waals surface area contributed by atoms with Crippen LogP contribution in [0.4, 0.5) is 0 Å². The third kappa shape index (κ3) is 2.31. The maximum atomic E-state index is 11.6. The topological polar surface area (TPSA) is 59.4 Å². The number of rotatable bonds is 2. The van der Waals surface area contributed by atoms with E-state index in [2.05, 4.69) is 4.98 Å². The summed E-state index contributed by atoms with van der Waals surface area (Å²) in [5.74, 6) is -0.420. The van der Waals surface area contributed by atoms with Gasteiger partial charge in [0, 0.05) is 0 Å². The Bertz CT molecular complexity index is 443. The van der Waals surface area contributed by atoms with E-state index < -0.39 is 12.1 Å². The van der Waals surface area contributed by atoms with Crippen LogP contribution in [0.15, 0.2) is 6.07 Å². The van der Waals surface area contributed by atoms with Gasteiger partial charge in [0.25, 0.3) is 0 Å². The van der Waals surface area contributed by atoms with Gasteiger partial charge in [0.2, 0.25) is 0 Å². The summed E-state index contributed by atoms with van der Waals surface area (Å²) in [6.45, 7) is 4.04. The average molecular weight is 235 g/mol. The Morgan fingerprint density at radius 2 is 2.41 bits per heavy atom. The molecule has 1 atom stereocenters. The highest BCUT2D eigenvalue weighted by Gasteiger charge is 2.23. The molecule has 4 nitrogen and oxygen atoms in total. The molecule has 1 aliphatic rings. The summed E-state index contributed by atoms with van der Waals surface area (Å²) in [6.07, 6.45) is 2.06. The number of pyridine rings is 1. The van der Waals surface area contributed by atoms with Crippen molar-refractivity contribution in [3.63, 3.8) is 0 Å². The fourth-order valence-electron chi connectivity index (χ4n) is 2.24. The third-order valence-electron chi connectivity index (χ3n) is 3.08. The Balaban J connectivity index is 2.41. The van der Waals surface area contributed by atoms with Gasteiger partial charge in [-0.1, -0.05) is 0 Å². The monoisotopic (exact) mass is 235 g/mol. The summed E-state index contributed by atoms with van der Waals surface area (Å²) in [7, 11) is 0. The highest BCUT2D eigenvalue weighted by Crippen LogP contribution is 2.30. The number of aliphatic hydroxyl groups excluding tert-OH is 1. The van der Waals surface area contributed by atoms with E-state index >= 15 is 0 Å². The van der Waals surface area contributed by atoms with Gasteiger partial charge in [0.15, 0.2) is 0 Å². The molecule has 1 aliphatic carbocycles. The highest BCUT2D eigenvalue weighted by molar-refractivity contribution is 5.87. The molecule has 0 aliphatic heterocycles. The zero-order valence-corrected chi connectivity index (χ0v) is 10.2. The largest absolute Gasteiger partial charge is 0.461 e. The molecule has 0 saturated carbocycles. The minimum atomic E-state index is -0.549. The van der Waals surface area contributed by atoms with Gasteiger partial charge in [0.1, 0.15) is 5.69 Å². The lowest BCUT2D eigenvalue weighted by Crippen LogP contribution is -2.17. The molecule has 0 amide bonds. The number of carbonyl (C=O) groups is 1. The summed E-state index contributed by atoms with van der Waals surface area (Å²) in [4.78, 5) is 15.9. The molecule has 0 saturated heterocycles. The van der Waals surface area contributed by atoms with Crippen molar-refractivity contribution in [1.82, 2.24) is 4.98 Å². The summed E-state index contributed by atoms with van der Waals surface area (Å²) in [5, 5.41) is 9.91. The number of aliphatic hydroxyl groups is 1. The van der Waals surface area contributed by atoms with E-state index in [9.17, 15) is 9.90 Å². The van der Waals surface area contributed by atoms with Crippen molar-refractivity contribution in [1.29, 1.82) is 0 Å². The molecule has 0 radical (unpaired) electrons. The second-order valence-corrected chi connectivity index (χ2v) is 4.32. The Labute approximate surface area is 101 Å². The van der Waals surface area contributed by atoms with Crippen molar-refractivity contribution in [2.75, 3.05) is 6.61 Å². The molecule has 0 spiro atoms. The van der Waals surface area contributed by atoms with Gasteiger partial charge < -0.3 is 9.84 Å². The van der Waals surface area contributed by atoms with E-state index in [1.807, 2.05) is 6.92 Å². The predicted octanol–water partition coefficient (Wildman–Crippen LogP) is 1.94. The molecule has 1 heterocycles. The second-order valence-electron chi connectivity index (χ2n) is 4.32. The van der Waals surface area contributed by atoms with Crippen LogP contribution in [0.5, 0.6) is 0 Å². The minimum absolute atomic E-state index is 0.295. The zero-order valence-electron chi connectivity index (χ0n) is 10.2. The quantitative estimate of drug-likeness (QED) is 0.796. The van der Waals surface area contributed by atoms with Gasteiger partial charge in [-0.05, 0) is 50.3 Å². The molecule has 92 valence electrons. The molecule has 0 fully saturated rings. The minimum Gasteiger partial charge on any atom is -0.461 e. The van der Waals surface area contributed by atoms with E-state index in [0.29, 0.717) is 24.4 Å². The average Bonchev–Trinajstić information content (AvgIpc) is 2.30. The number of fused-ring (bicyclic) bond motifs is 1.